The molecule has 64 valence electrons. The number of hydrogen-bond donors (Lipinski definition) is 1. The van der Waals surface area contributed by atoms with E-state index in [-0.39, 0.29) is 0 Å². The lowest BCUT2D eigenvalue weighted by atomic mass is 9.89. The number of fused-ring (bicyclic) bond motifs is 1. The summed E-state index contributed by atoms with van der Waals surface area (Å²) in [5.74, 6) is 0. The summed E-state index contributed by atoms with van der Waals surface area (Å²) in [6, 6.07) is 2.69. The van der Waals surface area contributed by atoms with Crippen LogP contribution in [-0.2, 0) is 6.42 Å². The van der Waals surface area contributed by atoms with E-state index in [0.29, 0.717) is 6.04 Å². The number of hydrogen-bond acceptors (Lipinski definition) is 2. The molecule has 0 saturated heterocycles. The van der Waals surface area contributed by atoms with Crippen LogP contribution in [0.2, 0.25) is 0 Å². The molecular formula is C10H14N2. The van der Waals surface area contributed by atoms with E-state index < -0.39 is 0 Å². The zero-order valence-electron chi connectivity index (χ0n) is 7.38. The van der Waals surface area contributed by atoms with Gasteiger partial charge < -0.3 is 5.32 Å². The fraction of sp³-hybridized carbons (Fsp3) is 0.500. The van der Waals surface area contributed by atoms with Crippen molar-refractivity contribution in [2.75, 3.05) is 7.05 Å². The van der Waals surface area contributed by atoms with Crippen molar-refractivity contribution in [2.24, 2.45) is 0 Å². The predicted octanol–water partition coefficient (Wildman–Crippen LogP) is 1.68. The monoisotopic (exact) mass is 162 g/mol. The molecule has 2 rings (SSSR count). The molecule has 1 aliphatic rings. The Labute approximate surface area is 73.0 Å². The van der Waals surface area contributed by atoms with Crippen LogP contribution in [-0.4, -0.2) is 12.0 Å². The van der Waals surface area contributed by atoms with Gasteiger partial charge in [0, 0.05) is 18.4 Å². The van der Waals surface area contributed by atoms with E-state index in [2.05, 4.69) is 16.4 Å². The first-order valence-corrected chi connectivity index (χ1v) is 4.52. The summed E-state index contributed by atoms with van der Waals surface area (Å²) in [4.78, 5) is 4.14. The van der Waals surface area contributed by atoms with Gasteiger partial charge in [0.15, 0.2) is 0 Å². The molecule has 2 heteroatoms. The summed E-state index contributed by atoms with van der Waals surface area (Å²) in [6.07, 6.45) is 7.62. The van der Waals surface area contributed by atoms with Crippen molar-refractivity contribution in [3.05, 3.63) is 29.6 Å². The number of pyridine rings is 1. The van der Waals surface area contributed by atoms with Crippen LogP contribution < -0.4 is 5.32 Å². The summed E-state index contributed by atoms with van der Waals surface area (Å²) >= 11 is 0. The molecule has 0 saturated carbocycles. The van der Waals surface area contributed by atoms with Gasteiger partial charge in [-0.05, 0) is 43.5 Å². The van der Waals surface area contributed by atoms with E-state index in [4.69, 9.17) is 0 Å². The topological polar surface area (TPSA) is 24.9 Å². The number of rotatable bonds is 1. The van der Waals surface area contributed by atoms with Crippen LogP contribution in [0.4, 0.5) is 0 Å². The Bertz CT molecular complexity index is 270. The van der Waals surface area contributed by atoms with Gasteiger partial charge >= 0.3 is 0 Å². The third-order valence-electron chi connectivity index (χ3n) is 2.60. The summed E-state index contributed by atoms with van der Waals surface area (Å²) in [6.45, 7) is 0. The number of aromatic nitrogens is 1. The van der Waals surface area contributed by atoms with Gasteiger partial charge in [-0.3, -0.25) is 4.98 Å². The second kappa shape index (κ2) is 3.23. The van der Waals surface area contributed by atoms with Gasteiger partial charge in [-0.25, -0.2) is 0 Å². The maximum absolute atomic E-state index is 4.14. The summed E-state index contributed by atoms with van der Waals surface area (Å²) < 4.78 is 0. The highest BCUT2D eigenvalue weighted by Gasteiger charge is 2.17. The van der Waals surface area contributed by atoms with Crippen LogP contribution >= 0.6 is 0 Å². The van der Waals surface area contributed by atoms with Crippen molar-refractivity contribution in [1.29, 1.82) is 0 Å². The van der Waals surface area contributed by atoms with Crippen molar-refractivity contribution in [3.8, 4) is 0 Å². The highest BCUT2D eigenvalue weighted by molar-refractivity contribution is 5.28. The first-order chi connectivity index (χ1) is 5.92. The Balaban J connectivity index is 2.37. The lowest BCUT2D eigenvalue weighted by Gasteiger charge is -2.24. The molecule has 2 nitrogen and oxygen atoms in total. The van der Waals surface area contributed by atoms with Crippen molar-refractivity contribution in [3.63, 3.8) is 0 Å². The Hall–Kier alpha value is -0.890. The minimum absolute atomic E-state index is 0.553. The van der Waals surface area contributed by atoms with Crippen LogP contribution in [0.3, 0.4) is 0 Å². The average Bonchev–Trinajstić information content (AvgIpc) is 2.17. The van der Waals surface area contributed by atoms with E-state index in [1.54, 1.807) is 0 Å². The Morgan fingerprint density at radius 2 is 2.50 bits per heavy atom. The molecular weight excluding hydrogens is 148 g/mol. The molecule has 1 aliphatic carbocycles. The van der Waals surface area contributed by atoms with Crippen LogP contribution in [0.1, 0.15) is 30.0 Å². The van der Waals surface area contributed by atoms with Gasteiger partial charge in [-0.2, -0.15) is 0 Å². The van der Waals surface area contributed by atoms with Gasteiger partial charge in [-0.15, -0.1) is 0 Å². The van der Waals surface area contributed by atoms with Gasteiger partial charge in [0.2, 0.25) is 0 Å². The molecule has 0 bridgehead atoms. The van der Waals surface area contributed by atoms with Gasteiger partial charge in [0.25, 0.3) is 0 Å². The molecule has 1 heterocycles. The Kier molecular flexibility index (Phi) is 2.09. The lowest BCUT2D eigenvalue weighted by molar-refractivity contribution is 0.495. The standard InChI is InChI=1S/C10H14N2/c1-11-10-4-2-3-8-7-12-6-5-9(8)10/h5-7,10-11H,2-4H2,1H3. The Morgan fingerprint density at radius 3 is 3.33 bits per heavy atom. The molecule has 0 amide bonds. The third kappa shape index (κ3) is 1.23. The molecule has 1 unspecified atom stereocenters. The SMILES string of the molecule is CNC1CCCc2cnccc21. The summed E-state index contributed by atoms with van der Waals surface area (Å²) in [5.41, 5.74) is 2.86. The third-order valence-corrected chi connectivity index (χ3v) is 2.60. The normalized spacial score (nSPS) is 21.9. The average molecular weight is 162 g/mol. The smallest absolute Gasteiger partial charge is 0.0321 e. The maximum atomic E-state index is 4.14. The van der Waals surface area contributed by atoms with Crippen LogP contribution in [0.15, 0.2) is 18.5 Å². The molecule has 1 aromatic rings. The minimum atomic E-state index is 0.553. The molecule has 0 aromatic carbocycles. The van der Waals surface area contributed by atoms with E-state index in [0.717, 1.165) is 0 Å². The van der Waals surface area contributed by atoms with Crippen molar-refractivity contribution >= 4 is 0 Å². The molecule has 0 radical (unpaired) electrons. The maximum Gasteiger partial charge on any atom is 0.0321 e. The zero-order chi connectivity index (χ0) is 8.39. The number of aryl methyl sites for hydroxylation is 1. The fourth-order valence-electron chi connectivity index (χ4n) is 1.94. The summed E-state index contributed by atoms with van der Waals surface area (Å²) in [5, 5.41) is 3.33. The molecule has 1 atom stereocenters. The van der Waals surface area contributed by atoms with E-state index in [9.17, 15) is 0 Å². The largest absolute Gasteiger partial charge is 0.313 e. The molecule has 1 aromatic heterocycles. The predicted molar refractivity (Wildman–Crippen MR) is 49.0 cm³/mol. The van der Waals surface area contributed by atoms with Crippen molar-refractivity contribution in [1.82, 2.24) is 10.3 Å². The quantitative estimate of drug-likeness (QED) is 0.679. The molecule has 0 spiro atoms. The minimum Gasteiger partial charge on any atom is -0.313 e. The lowest BCUT2D eigenvalue weighted by Crippen LogP contribution is -2.21. The molecule has 0 fully saturated rings. The van der Waals surface area contributed by atoms with Gasteiger partial charge in [-0.1, -0.05) is 0 Å². The molecule has 12 heavy (non-hydrogen) atoms. The second-order valence-corrected chi connectivity index (χ2v) is 3.31. The van der Waals surface area contributed by atoms with E-state index in [1.807, 2.05) is 19.4 Å². The van der Waals surface area contributed by atoms with Gasteiger partial charge in [0.05, 0.1) is 0 Å². The van der Waals surface area contributed by atoms with Crippen molar-refractivity contribution < 1.29 is 0 Å². The first kappa shape index (κ1) is 7.74. The van der Waals surface area contributed by atoms with Crippen LogP contribution in [0.25, 0.3) is 0 Å². The number of nitrogens with one attached hydrogen (secondary N) is 1. The van der Waals surface area contributed by atoms with E-state index in [1.165, 1.54) is 30.4 Å². The molecule has 1 N–H and O–H groups in total. The first-order valence-electron chi connectivity index (χ1n) is 4.52. The highest BCUT2D eigenvalue weighted by atomic mass is 14.9. The van der Waals surface area contributed by atoms with Crippen molar-refractivity contribution in [2.45, 2.75) is 25.3 Å². The van der Waals surface area contributed by atoms with Crippen LogP contribution in [0, 0.1) is 0 Å². The van der Waals surface area contributed by atoms with Gasteiger partial charge in [0.1, 0.15) is 0 Å². The summed E-state index contributed by atoms with van der Waals surface area (Å²) in [7, 11) is 2.03. The molecule has 0 aliphatic heterocycles. The zero-order valence-corrected chi connectivity index (χ0v) is 7.38. The second-order valence-electron chi connectivity index (χ2n) is 3.31. The van der Waals surface area contributed by atoms with E-state index >= 15 is 0 Å². The number of nitrogens with zero attached hydrogens (tertiary/aromatic N) is 1. The Morgan fingerprint density at radius 1 is 1.58 bits per heavy atom. The van der Waals surface area contributed by atoms with Crippen LogP contribution in [0.5, 0.6) is 0 Å². The fourth-order valence-corrected chi connectivity index (χ4v) is 1.94. The highest BCUT2D eigenvalue weighted by Crippen LogP contribution is 2.27.